The fourth-order valence-electron chi connectivity index (χ4n) is 2.84. The van der Waals surface area contributed by atoms with E-state index in [1.54, 1.807) is 0 Å². The molecule has 0 fully saturated rings. The topological polar surface area (TPSA) is 30.5 Å². The van der Waals surface area contributed by atoms with Crippen LogP contribution in [0, 0.1) is 0 Å². The quantitative estimate of drug-likeness (QED) is 0.353. The molecule has 0 saturated carbocycles. The second-order valence-electron chi connectivity index (χ2n) is 6.31. The van der Waals surface area contributed by atoms with Gasteiger partial charge in [-0.3, -0.25) is 0 Å². The van der Waals surface area contributed by atoms with Gasteiger partial charge in [0.1, 0.15) is 6.61 Å². The van der Waals surface area contributed by atoms with Gasteiger partial charge < -0.3 is 14.8 Å². The van der Waals surface area contributed by atoms with E-state index in [-0.39, 0.29) is 12.4 Å². The van der Waals surface area contributed by atoms with Crippen LogP contribution in [0.15, 0.2) is 71.2 Å². The number of hydrogen-bond acceptors (Lipinski definition) is 3. The van der Waals surface area contributed by atoms with Gasteiger partial charge in [0.05, 0.1) is 11.1 Å². The van der Waals surface area contributed by atoms with E-state index in [0.29, 0.717) is 24.0 Å². The molecule has 0 unspecified atom stereocenters. The van der Waals surface area contributed by atoms with Gasteiger partial charge in [-0.15, -0.1) is 12.4 Å². The number of rotatable bonds is 9. The molecule has 3 aromatic rings. The summed E-state index contributed by atoms with van der Waals surface area (Å²) in [4.78, 5) is 0. The van der Waals surface area contributed by atoms with Crippen LogP contribution in [0.4, 0.5) is 0 Å². The molecule has 0 saturated heterocycles. The lowest BCUT2D eigenvalue weighted by molar-refractivity contribution is 0.267. The molecule has 0 atom stereocenters. The third kappa shape index (κ3) is 6.93. The van der Waals surface area contributed by atoms with Crippen molar-refractivity contribution in [1.82, 2.24) is 5.32 Å². The second kappa shape index (κ2) is 12.1. The van der Waals surface area contributed by atoms with E-state index in [0.717, 1.165) is 34.4 Å². The van der Waals surface area contributed by atoms with Gasteiger partial charge >= 0.3 is 0 Å². The summed E-state index contributed by atoms with van der Waals surface area (Å²) in [6, 6.07) is 22.1. The van der Waals surface area contributed by atoms with Crippen LogP contribution in [-0.2, 0) is 19.7 Å². The Morgan fingerprint density at radius 3 is 2.31 bits per heavy atom. The van der Waals surface area contributed by atoms with Crippen LogP contribution in [0.1, 0.15) is 23.6 Å². The second-order valence-corrected chi connectivity index (χ2v) is 7.57. The van der Waals surface area contributed by atoms with Gasteiger partial charge in [-0.1, -0.05) is 60.1 Å². The van der Waals surface area contributed by atoms with Gasteiger partial charge in [0, 0.05) is 23.7 Å². The van der Waals surface area contributed by atoms with E-state index in [1.165, 1.54) is 5.56 Å². The van der Waals surface area contributed by atoms with Crippen LogP contribution in [0.3, 0.4) is 0 Å². The first-order valence-electron chi connectivity index (χ1n) is 9.23. The average molecular weight is 497 g/mol. The van der Waals surface area contributed by atoms with Crippen LogP contribution < -0.4 is 14.8 Å². The van der Waals surface area contributed by atoms with Crippen molar-refractivity contribution >= 4 is 39.9 Å². The maximum Gasteiger partial charge on any atom is 0.175 e. The minimum atomic E-state index is 0. The summed E-state index contributed by atoms with van der Waals surface area (Å²) < 4.78 is 12.7. The van der Waals surface area contributed by atoms with Crippen LogP contribution in [0.25, 0.3) is 0 Å². The normalized spacial score (nSPS) is 10.3. The minimum Gasteiger partial charge on any atom is -0.490 e. The van der Waals surface area contributed by atoms with Crippen molar-refractivity contribution in [2.24, 2.45) is 0 Å². The molecule has 29 heavy (non-hydrogen) atoms. The predicted octanol–water partition coefficient (Wildman–Crippen LogP) is 6.79. The van der Waals surface area contributed by atoms with Crippen molar-refractivity contribution in [3.8, 4) is 11.5 Å². The summed E-state index contributed by atoms with van der Waals surface area (Å²) in [6.07, 6.45) is 0. The first-order chi connectivity index (χ1) is 13.7. The molecule has 1 N–H and O–H groups in total. The number of benzene rings is 3. The van der Waals surface area contributed by atoms with Gasteiger partial charge in [0.25, 0.3) is 0 Å². The fourth-order valence-corrected chi connectivity index (χ4v) is 3.63. The smallest absolute Gasteiger partial charge is 0.175 e. The zero-order valence-corrected chi connectivity index (χ0v) is 19.3. The number of halogens is 3. The monoisotopic (exact) mass is 495 g/mol. The average Bonchev–Trinajstić information content (AvgIpc) is 2.70. The Kier molecular flexibility index (Phi) is 9.82. The Morgan fingerprint density at radius 1 is 0.897 bits per heavy atom. The van der Waals surface area contributed by atoms with Crippen LogP contribution in [0.5, 0.6) is 11.5 Å². The summed E-state index contributed by atoms with van der Waals surface area (Å²) in [5, 5.41) is 4.16. The zero-order valence-electron chi connectivity index (χ0n) is 16.2. The first-order valence-corrected chi connectivity index (χ1v) is 10.4. The van der Waals surface area contributed by atoms with Crippen molar-refractivity contribution in [2.75, 3.05) is 6.61 Å². The Morgan fingerprint density at radius 2 is 1.59 bits per heavy atom. The van der Waals surface area contributed by atoms with Gasteiger partial charge in [-0.25, -0.2) is 0 Å². The summed E-state index contributed by atoms with van der Waals surface area (Å²) in [7, 11) is 0. The van der Waals surface area contributed by atoms with Crippen molar-refractivity contribution in [3.63, 3.8) is 0 Å². The van der Waals surface area contributed by atoms with Crippen molar-refractivity contribution in [3.05, 3.63) is 92.9 Å². The first kappa shape index (κ1) is 23.6. The highest BCUT2D eigenvalue weighted by molar-refractivity contribution is 9.10. The van der Waals surface area contributed by atoms with Gasteiger partial charge in [-0.2, -0.15) is 0 Å². The third-order valence-electron chi connectivity index (χ3n) is 4.20. The molecular weight excluding hydrogens is 473 g/mol. The largest absolute Gasteiger partial charge is 0.490 e. The number of nitrogens with one attached hydrogen (secondary N) is 1. The lowest BCUT2D eigenvalue weighted by Gasteiger charge is -2.16. The maximum atomic E-state index is 6.23. The molecule has 6 heteroatoms. The molecule has 3 rings (SSSR count). The standard InChI is InChI=1S/C23H23BrClNO2.ClH/c1-2-27-22-13-18(15-26-14-17-8-4-3-5-9-17)12-20(24)23(22)28-16-19-10-6-7-11-21(19)25;/h3-13,26H,2,14-16H2,1H3;1H. The Bertz CT molecular complexity index is 907. The fraction of sp³-hybridized carbons (Fsp3) is 0.217. The molecule has 0 aliphatic carbocycles. The molecule has 3 nitrogen and oxygen atoms in total. The molecule has 0 aliphatic heterocycles. The highest BCUT2D eigenvalue weighted by atomic mass is 79.9. The Balaban J connectivity index is 0.00000300. The SMILES string of the molecule is CCOc1cc(CNCc2ccccc2)cc(Br)c1OCc1ccccc1Cl.Cl. The van der Waals surface area contributed by atoms with Crippen LogP contribution >= 0.6 is 39.9 Å². The molecule has 0 spiro atoms. The molecule has 0 radical (unpaired) electrons. The lowest BCUT2D eigenvalue weighted by atomic mass is 10.1. The highest BCUT2D eigenvalue weighted by Crippen LogP contribution is 2.37. The minimum absolute atomic E-state index is 0. The molecule has 0 bridgehead atoms. The van der Waals surface area contributed by atoms with Crippen molar-refractivity contribution < 1.29 is 9.47 Å². The van der Waals surface area contributed by atoms with Crippen molar-refractivity contribution in [2.45, 2.75) is 26.6 Å². The summed E-state index contributed by atoms with van der Waals surface area (Å²) in [5.41, 5.74) is 3.31. The van der Waals surface area contributed by atoms with E-state index in [2.05, 4.69) is 39.4 Å². The summed E-state index contributed by atoms with van der Waals surface area (Å²) in [6.45, 7) is 4.46. The molecule has 0 amide bonds. The van der Waals surface area contributed by atoms with Gasteiger partial charge in [0.15, 0.2) is 11.5 Å². The van der Waals surface area contributed by atoms with Crippen molar-refractivity contribution in [1.29, 1.82) is 0 Å². The zero-order chi connectivity index (χ0) is 19.8. The highest BCUT2D eigenvalue weighted by Gasteiger charge is 2.13. The van der Waals surface area contributed by atoms with E-state index in [4.69, 9.17) is 21.1 Å². The number of hydrogen-bond donors (Lipinski definition) is 1. The van der Waals surface area contributed by atoms with E-state index in [9.17, 15) is 0 Å². The molecule has 0 aliphatic rings. The molecule has 3 aromatic carbocycles. The lowest BCUT2D eigenvalue weighted by Crippen LogP contribution is -2.13. The predicted molar refractivity (Wildman–Crippen MR) is 125 cm³/mol. The molecular formula is C23H24BrCl2NO2. The maximum absolute atomic E-state index is 6.23. The molecule has 0 aromatic heterocycles. The Hall–Kier alpha value is -1.72. The van der Waals surface area contributed by atoms with Crippen LogP contribution in [0.2, 0.25) is 5.02 Å². The van der Waals surface area contributed by atoms with E-state index >= 15 is 0 Å². The third-order valence-corrected chi connectivity index (χ3v) is 5.16. The summed E-state index contributed by atoms with van der Waals surface area (Å²) in [5.74, 6) is 1.41. The Labute approximate surface area is 191 Å². The molecule has 0 heterocycles. The van der Waals surface area contributed by atoms with E-state index < -0.39 is 0 Å². The van der Waals surface area contributed by atoms with Gasteiger partial charge in [0.2, 0.25) is 0 Å². The van der Waals surface area contributed by atoms with Gasteiger partial charge in [-0.05, 0) is 52.2 Å². The van der Waals surface area contributed by atoms with Crippen LogP contribution in [-0.4, -0.2) is 6.61 Å². The molecule has 154 valence electrons. The van der Waals surface area contributed by atoms with E-state index in [1.807, 2.05) is 55.5 Å². The number of ether oxygens (including phenoxy) is 2. The summed E-state index contributed by atoms with van der Waals surface area (Å²) >= 11 is 9.86.